The molecule has 1 fully saturated rings. The van der Waals surface area contributed by atoms with Gasteiger partial charge in [-0.1, -0.05) is 56.3 Å². The number of benzene rings is 2. The summed E-state index contributed by atoms with van der Waals surface area (Å²) in [5, 5.41) is 0. The van der Waals surface area contributed by atoms with Gasteiger partial charge in [-0.3, -0.25) is 4.79 Å². The van der Waals surface area contributed by atoms with Gasteiger partial charge in [0, 0.05) is 32.4 Å². The van der Waals surface area contributed by atoms with E-state index in [4.69, 9.17) is 33.2 Å². The van der Waals surface area contributed by atoms with Crippen LogP contribution < -0.4 is 4.74 Å². The van der Waals surface area contributed by atoms with E-state index in [9.17, 15) is 9.59 Å². The number of esters is 2. The molecule has 0 aromatic heterocycles. The van der Waals surface area contributed by atoms with Crippen molar-refractivity contribution in [3.8, 4) is 5.75 Å². The number of methoxy groups -OCH3 is 3. The zero-order chi connectivity index (χ0) is 30.7. The van der Waals surface area contributed by atoms with Gasteiger partial charge in [0.05, 0.1) is 45.7 Å². The number of ether oxygens (including phenoxy) is 7. The van der Waals surface area contributed by atoms with Gasteiger partial charge in [0.15, 0.2) is 6.10 Å². The van der Waals surface area contributed by atoms with Gasteiger partial charge in [-0.05, 0) is 42.2 Å². The Labute approximate surface area is 249 Å². The maximum absolute atomic E-state index is 12.4. The average Bonchev–Trinajstić information content (AvgIpc) is 2.99. The maximum atomic E-state index is 12.4. The lowest BCUT2D eigenvalue weighted by molar-refractivity contribution is -0.322. The summed E-state index contributed by atoms with van der Waals surface area (Å²) in [7, 11) is 4.44. The van der Waals surface area contributed by atoms with Crippen molar-refractivity contribution in [3.63, 3.8) is 0 Å². The van der Waals surface area contributed by atoms with E-state index in [1.54, 1.807) is 7.11 Å². The van der Waals surface area contributed by atoms with Crippen LogP contribution in [-0.4, -0.2) is 63.5 Å². The van der Waals surface area contributed by atoms with E-state index in [-0.39, 0.29) is 18.1 Å². The van der Waals surface area contributed by atoms with E-state index in [0.29, 0.717) is 31.6 Å². The third-order valence-electron chi connectivity index (χ3n) is 7.43. The second kappa shape index (κ2) is 15.8. The zero-order valence-corrected chi connectivity index (χ0v) is 25.7. The molecule has 1 aliphatic rings. The molecule has 2 aromatic rings. The van der Waals surface area contributed by atoms with Crippen molar-refractivity contribution in [3.05, 3.63) is 77.4 Å². The minimum atomic E-state index is -1.33. The molecule has 0 bridgehead atoms. The van der Waals surface area contributed by atoms with E-state index >= 15 is 0 Å². The molecule has 9 nitrogen and oxygen atoms in total. The Morgan fingerprint density at radius 1 is 0.952 bits per heavy atom. The molecule has 1 heterocycles. The fourth-order valence-corrected chi connectivity index (χ4v) is 5.11. The first-order valence-electron chi connectivity index (χ1n) is 14.2. The Morgan fingerprint density at radius 3 is 2.17 bits per heavy atom. The second-order valence-electron chi connectivity index (χ2n) is 10.7. The van der Waals surface area contributed by atoms with Crippen LogP contribution in [0.3, 0.4) is 0 Å². The number of hydrogen-bond donors (Lipinski definition) is 0. The molecule has 2 aromatic carbocycles. The minimum Gasteiger partial charge on any atom is -0.497 e. The molecule has 1 unspecified atom stereocenters. The molecule has 1 aliphatic heterocycles. The topological polar surface area (TPSA) is 98.8 Å². The molecule has 0 saturated carbocycles. The summed E-state index contributed by atoms with van der Waals surface area (Å²) in [6.07, 6.45) is 0.0318. The van der Waals surface area contributed by atoms with E-state index in [1.165, 1.54) is 27.2 Å². The third-order valence-corrected chi connectivity index (χ3v) is 7.43. The quantitative estimate of drug-likeness (QED) is 0.214. The van der Waals surface area contributed by atoms with Crippen molar-refractivity contribution in [2.45, 2.75) is 84.0 Å². The van der Waals surface area contributed by atoms with Crippen molar-refractivity contribution in [2.24, 2.45) is 5.92 Å². The van der Waals surface area contributed by atoms with Gasteiger partial charge in [-0.15, -0.1) is 0 Å². The molecule has 9 heteroatoms. The van der Waals surface area contributed by atoms with E-state index < -0.39 is 29.9 Å². The van der Waals surface area contributed by atoms with Gasteiger partial charge in [0.25, 0.3) is 0 Å². The van der Waals surface area contributed by atoms with Crippen LogP contribution in [0.1, 0.15) is 51.7 Å². The predicted octanol–water partition coefficient (Wildman–Crippen LogP) is 5.39. The Bertz CT molecular complexity index is 1160. The van der Waals surface area contributed by atoms with Crippen molar-refractivity contribution < 1.29 is 42.7 Å². The van der Waals surface area contributed by atoms with Crippen molar-refractivity contribution >= 4 is 11.9 Å². The Morgan fingerprint density at radius 2 is 1.60 bits per heavy atom. The maximum Gasteiger partial charge on any atom is 0.330 e. The number of rotatable bonds is 14. The van der Waals surface area contributed by atoms with Crippen LogP contribution in [0.4, 0.5) is 0 Å². The summed E-state index contributed by atoms with van der Waals surface area (Å²) >= 11 is 0. The molecular formula is C33H44O9. The fourth-order valence-electron chi connectivity index (χ4n) is 5.11. The molecule has 0 radical (unpaired) electrons. The van der Waals surface area contributed by atoms with Crippen LogP contribution in [0.25, 0.3) is 0 Å². The van der Waals surface area contributed by atoms with Crippen LogP contribution >= 0.6 is 0 Å². The van der Waals surface area contributed by atoms with Crippen LogP contribution in [0.2, 0.25) is 0 Å². The average molecular weight is 585 g/mol. The highest BCUT2D eigenvalue weighted by Gasteiger charge is 2.53. The molecule has 230 valence electrons. The molecule has 0 aliphatic carbocycles. The normalized spacial score (nSPS) is 22.9. The van der Waals surface area contributed by atoms with E-state index in [1.807, 2.05) is 75.4 Å². The SMILES string of the molecule is COC(=O)/C=C1\C[C@@H](CC(OCc2ccc(OC)cc2)[C@@H](C)OCc2ccccc2)O[C@@](OC)(C(C)C)[C@H]1OC(C)=O. The van der Waals surface area contributed by atoms with Crippen LogP contribution in [0, 0.1) is 5.92 Å². The van der Waals surface area contributed by atoms with Crippen LogP contribution in [0.15, 0.2) is 66.2 Å². The number of carbonyl (C=O) groups is 2. The highest BCUT2D eigenvalue weighted by atomic mass is 16.7. The van der Waals surface area contributed by atoms with Gasteiger partial charge in [0.2, 0.25) is 5.79 Å². The molecular weight excluding hydrogens is 540 g/mol. The third kappa shape index (κ3) is 8.88. The summed E-state index contributed by atoms with van der Waals surface area (Å²) in [5.74, 6) is -1.86. The molecule has 5 atom stereocenters. The van der Waals surface area contributed by atoms with Crippen molar-refractivity contribution in [2.75, 3.05) is 21.3 Å². The van der Waals surface area contributed by atoms with Gasteiger partial charge in [-0.2, -0.15) is 0 Å². The second-order valence-corrected chi connectivity index (χ2v) is 10.7. The summed E-state index contributed by atoms with van der Waals surface area (Å²) in [6.45, 7) is 7.90. The Balaban J connectivity index is 1.89. The highest BCUT2D eigenvalue weighted by Crippen LogP contribution is 2.42. The summed E-state index contributed by atoms with van der Waals surface area (Å²) in [4.78, 5) is 24.5. The molecule has 1 saturated heterocycles. The molecule has 42 heavy (non-hydrogen) atoms. The minimum absolute atomic E-state index is 0.235. The molecule has 0 N–H and O–H groups in total. The van der Waals surface area contributed by atoms with Crippen LogP contribution in [0.5, 0.6) is 5.75 Å². The highest BCUT2D eigenvalue weighted by molar-refractivity contribution is 5.83. The fraction of sp³-hybridized carbons (Fsp3) is 0.515. The van der Waals surface area contributed by atoms with Crippen molar-refractivity contribution in [1.82, 2.24) is 0 Å². The van der Waals surface area contributed by atoms with E-state index in [2.05, 4.69) is 0 Å². The number of hydrogen-bond acceptors (Lipinski definition) is 9. The summed E-state index contributed by atoms with van der Waals surface area (Å²) in [5.41, 5.74) is 2.59. The lowest BCUT2D eigenvalue weighted by Crippen LogP contribution is -2.59. The lowest BCUT2D eigenvalue weighted by atomic mass is 9.83. The lowest BCUT2D eigenvalue weighted by Gasteiger charge is -2.49. The first-order chi connectivity index (χ1) is 20.1. The summed E-state index contributed by atoms with van der Waals surface area (Å²) < 4.78 is 41.2. The summed E-state index contributed by atoms with van der Waals surface area (Å²) in [6, 6.07) is 17.6. The largest absolute Gasteiger partial charge is 0.497 e. The molecule has 0 spiro atoms. The van der Waals surface area contributed by atoms with Gasteiger partial charge < -0.3 is 33.2 Å². The van der Waals surface area contributed by atoms with Gasteiger partial charge in [-0.25, -0.2) is 4.79 Å². The standard InChI is InChI=1S/C33H44O9/c1-22(2)33(38-7)32(41-24(4)34)27(18-31(35)37-6)17-29(42-33)19-30(23(3)39-20-25-11-9-8-10-12-25)40-21-26-13-15-28(36-5)16-14-26/h8-16,18,22-23,29-30,32H,17,19-21H2,1-7H3/b27-18+/t23-,29+,30?,32+,33+/m1/s1. The zero-order valence-electron chi connectivity index (χ0n) is 25.7. The number of carbonyl (C=O) groups excluding carboxylic acids is 2. The first-order valence-corrected chi connectivity index (χ1v) is 14.2. The molecule has 3 rings (SSSR count). The van der Waals surface area contributed by atoms with E-state index in [0.717, 1.165) is 16.9 Å². The van der Waals surface area contributed by atoms with Crippen LogP contribution in [-0.2, 0) is 51.2 Å². The molecule has 0 amide bonds. The monoisotopic (exact) mass is 584 g/mol. The van der Waals surface area contributed by atoms with Crippen molar-refractivity contribution in [1.29, 1.82) is 0 Å². The first kappa shape index (κ1) is 33.3. The Hall–Kier alpha value is -3.24. The smallest absolute Gasteiger partial charge is 0.330 e. The Kier molecular flexibility index (Phi) is 12.5. The van der Waals surface area contributed by atoms with Gasteiger partial charge in [0.1, 0.15) is 5.75 Å². The predicted molar refractivity (Wildman–Crippen MR) is 157 cm³/mol. The van der Waals surface area contributed by atoms with Gasteiger partial charge >= 0.3 is 11.9 Å².